The highest BCUT2D eigenvalue weighted by Crippen LogP contribution is 2.16. The molecule has 0 aromatic rings. The zero-order chi connectivity index (χ0) is 21.3. The number of amides is 3. The van der Waals surface area contributed by atoms with Crippen molar-refractivity contribution in [2.75, 3.05) is 39.3 Å². The van der Waals surface area contributed by atoms with E-state index < -0.39 is 11.9 Å². The largest absolute Gasteiger partial charge is 0.473 e. The van der Waals surface area contributed by atoms with E-state index in [1.54, 1.807) is 4.90 Å². The van der Waals surface area contributed by atoms with E-state index >= 15 is 0 Å². The number of carboxylic acid groups (broad SMARTS) is 2. The predicted octanol–water partition coefficient (Wildman–Crippen LogP) is -0.608. The van der Waals surface area contributed by atoms with Crippen LogP contribution in [-0.2, 0) is 14.4 Å². The van der Waals surface area contributed by atoms with Crippen LogP contribution in [0.1, 0.15) is 26.7 Å². The molecule has 2 fully saturated rings. The van der Waals surface area contributed by atoms with Gasteiger partial charge >= 0.3 is 18.0 Å². The van der Waals surface area contributed by atoms with Gasteiger partial charge in [0.2, 0.25) is 5.91 Å². The summed E-state index contributed by atoms with van der Waals surface area (Å²) in [7, 11) is 0. The van der Waals surface area contributed by atoms with E-state index in [2.05, 4.69) is 11.4 Å². The Morgan fingerprint density at radius 3 is 2.36 bits per heavy atom. The highest BCUT2D eigenvalue weighted by Gasteiger charge is 2.30. The SMILES string of the molecule is CC(C)N1CCN(CCNCC(=O)N2CCCC2C#N)C1=O.O=C(O)C(=O)O. The molecule has 3 N–H and O–H groups in total. The monoisotopic (exact) mass is 397 g/mol. The van der Waals surface area contributed by atoms with Crippen LogP contribution in [0.4, 0.5) is 4.79 Å². The average Bonchev–Trinajstić information content (AvgIpc) is 3.25. The van der Waals surface area contributed by atoms with Crippen molar-refractivity contribution >= 4 is 23.9 Å². The first-order valence-electron chi connectivity index (χ1n) is 9.10. The quantitative estimate of drug-likeness (QED) is 0.396. The lowest BCUT2D eigenvalue weighted by Gasteiger charge is -2.22. The van der Waals surface area contributed by atoms with Crippen molar-refractivity contribution in [2.45, 2.75) is 38.8 Å². The maximum Gasteiger partial charge on any atom is 0.414 e. The third kappa shape index (κ3) is 6.70. The Bertz CT molecular complexity index is 620. The van der Waals surface area contributed by atoms with Crippen LogP contribution in [0.25, 0.3) is 0 Å². The summed E-state index contributed by atoms with van der Waals surface area (Å²) in [6.45, 7) is 7.65. The Morgan fingerprint density at radius 2 is 1.86 bits per heavy atom. The normalized spacial score (nSPS) is 18.7. The number of aliphatic carboxylic acids is 2. The number of nitrogens with zero attached hydrogens (tertiary/aromatic N) is 4. The molecular weight excluding hydrogens is 370 g/mol. The second-order valence-electron chi connectivity index (χ2n) is 6.72. The number of urea groups is 1. The minimum Gasteiger partial charge on any atom is -0.473 e. The Labute approximate surface area is 163 Å². The van der Waals surface area contributed by atoms with E-state index in [1.807, 2.05) is 23.6 Å². The third-order valence-corrected chi connectivity index (χ3v) is 4.49. The Kier molecular flexibility index (Phi) is 9.17. The average molecular weight is 397 g/mol. The molecule has 11 nitrogen and oxygen atoms in total. The molecular formula is C17H27N5O6. The number of nitrogens with one attached hydrogen (secondary N) is 1. The highest BCUT2D eigenvalue weighted by molar-refractivity contribution is 6.27. The van der Waals surface area contributed by atoms with E-state index in [9.17, 15) is 9.59 Å². The summed E-state index contributed by atoms with van der Waals surface area (Å²) in [5, 5.41) is 26.9. The van der Waals surface area contributed by atoms with E-state index in [0.717, 1.165) is 25.9 Å². The second-order valence-corrected chi connectivity index (χ2v) is 6.72. The first-order valence-corrected chi connectivity index (χ1v) is 9.10. The molecule has 28 heavy (non-hydrogen) atoms. The summed E-state index contributed by atoms with van der Waals surface area (Å²) in [6.07, 6.45) is 1.67. The van der Waals surface area contributed by atoms with Gasteiger partial charge in [-0.3, -0.25) is 4.79 Å². The van der Waals surface area contributed by atoms with Crippen LogP contribution in [-0.4, -0.2) is 100 Å². The van der Waals surface area contributed by atoms with Gasteiger partial charge in [-0.05, 0) is 26.7 Å². The van der Waals surface area contributed by atoms with Gasteiger partial charge in [0.1, 0.15) is 6.04 Å². The molecule has 2 saturated heterocycles. The molecule has 2 heterocycles. The molecule has 1 atom stereocenters. The van der Waals surface area contributed by atoms with Crippen LogP contribution in [0.3, 0.4) is 0 Å². The molecule has 0 radical (unpaired) electrons. The fraction of sp³-hybridized carbons (Fsp3) is 0.706. The first-order chi connectivity index (χ1) is 13.2. The molecule has 2 aliphatic heterocycles. The Morgan fingerprint density at radius 1 is 1.21 bits per heavy atom. The number of hydrogen-bond acceptors (Lipinski definition) is 6. The lowest BCUT2D eigenvalue weighted by molar-refractivity contribution is -0.159. The van der Waals surface area contributed by atoms with Crippen molar-refractivity contribution in [1.82, 2.24) is 20.0 Å². The smallest absolute Gasteiger partial charge is 0.414 e. The summed E-state index contributed by atoms with van der Waals surface area (Å²) in [5.74, 6) is -3.68. The summed E-state index contributed by atoms with van der Waals surface area (Å²) in [6, 6.07) is 2.20. The predicted molar refractivity (Wildman–Crippen MR) is 97.3 cm³/mol. The van der Waals surface area contributed by atoms with Gasteiger partial charge in [-0.25, -0.2) is 14.4 Å². The van der Waals surface area contributed by atoms with Gasteiger partial charge in [0.15, 0.2) is 0 Å². The number of carbonyl (C=O) groups is 4. The van der Waals surface area contributed by atoms with Crippen molar-refractivity contribution in [3.63, 3.8) is 0 Å². The molecule has 0 spiro atoms. The second kappa shape index (κ2) is 11.1. The molecule has 3 amide bonds. The van der Waals surface area contributed by atoms with Gasteiger partial charge in [-0.15, -0.1) is 0 Å². The Hall–Kier alpha value is -2.87. The number of rotatable bonds is 6. The van der Waals surface area contributed by atoms with Crippen LogP contribution < -0.4 is 5.32 Å². The maximum atomic E-state index is 12.1. The fourth-order valence-corrected chi connectivity index (χ4v) is 3.00. The summed E-state index contributed by atoms with van der Waals surface area (Å²) < 4.78 is 0. The van der Waals surface area contributed by atoms with Crippen molar-refractivity contribution in [2.24, 2.45) is 0 Å². The summed E-state index contributed by atoms with van der Waals surface area (Å²) >= 11 is 0. The molecule has 1 unspecified atom stereocenters. The molecule has 0 aliphatic carbocycles. The van der Waals surface area contributed by atoms with Crippen LogP contribution in [0.15, 0.2) is 0 Å². The minimum absolute atomic E-state index is 0.0272. The summed E-state index contributed by atoms with van der Waals surface area (Å²) in [5.41, 5.74) is 0. The van der Waals surface area contributed by atoms with E-state index in [1.165, 1.54) is 0 Å². The van der Waals surface area contributed by atoms with Gasteiger partial charge < -0.3 is 30.2 Å². The number of likely N-dealkylation sites (tertiary alicyclic amines) is 1. The standard InChI is InChI=1S/C15H25N5O2.C2H2O4/c1-12(2)19-9-8-18(15(19)22)7-5-17-11-14(21)20-6-3-4-13(20)10-16;3-1(4)2(5)6/h12-13,17H,3-9,11H2,1-2H3;(H,3,4)(H,5,6). The molecule has 2 aliphatic rings. The molecule has 2 rings (SSSR count). The zero-order valence-corrected chi connectivity index (χ0v) is 16.1. The van der Waals surface area contributed by atoms with E-state index in [4.69, 9.17) is 25.1 Å². The van der Waals surface area contributed by atoms with Crippen LogP contribution >= 0.6 is 0 Å². The van der Waals surface area contributed by atoms with Crippen molar-refractivity contribution in [3.8, 4) is 6.07 Å². The van der Waals surface area contributed by atoms with Gasteiger partial charge in [0, 0.05) is 38.8 Å². The number of carboxylic acids is 2. The molecule has 156 valence electrons. The Balaban J connectivity index is 0.000000568. The van der Waals surface area contributed by atoms with Crippen molar-refractivity contribution in [3.05, 3.63) is 0 Å². The van der Waals surface area contributed by atoms with Crippen LogP contribution in [0.2, 0.25) is 0 Å². The fourth-order valence-electron chi connectivity index (χ4n) is 3.00. The number of nitriles is 1. The maximum absolute atomic E-state index is 12.1. The number of carbonyl (C=O) groups excluding carboxylic acids is 2. The molecule has 0 bridgehead atoms. The highest BCUT2D eigenvalue weighted by atomic mass is 16.4. The van der Waals surface area contributed by atoms with Gasteiger partial charge in [0.25, 0.3) is 0 Å². The third-order valence-electron chi connectivity index (χ3n) is 4.49. The molecule has 0 aromatic carbocycles. The van der Waals surface area contributed by atoms with Gasteiger partial charge in [-0.2, -0.15) is 5.26 Å². The lowest BCUT2D eigenvalue weighted by atomic mass is 10.2. The lowest BCUT2D eigenvalue weighted by Crippen LogP contribution is -2.43. The minimum atomic E-state index is -1.82. The molecule has 11 heteroatoms. The topological polar surface area (TPSA) is 154 Å². The molecule has 0 saturated carbocycles. The zero-order valence-electron chi connectivity index (χ0n) is 16.1. The molecule has 0 aromatic heterocycles. The summed E-state index contributed by atoms with van der Waals surface area (Å²) in [4.78, 5) is 47.6. The van der Waals surface area contributed by atoms with E-state index in [-0.39, 0.29) is 30.6 Å². The van der Waals surface area contributed by atoms with E-state index in [0.29, 0.717) is 19.6 Å². The van der Waals surface area contributed by atoms with Gasteiger partial charge in [0.05, 0.1) is 12.6 Å². The van der Waals surface area contributed by atoms with Crippen molar-refractivity contribution in [1.29, 1.82) is 5.26 Å². The van der Waals surface area contributed by atoms with Crippen LogP contribution in [0.5, 0.6) is 0 Å². The number of hydrogen-bond donors (Lipinski definition) is 3. The van der Waals surface area contributed by atoms with Gasteiger partial charge in [-0.1, -0.05) is 0 Å². The first kappa shape index (κ1) is 23.2. The van der Waals surface area contributed by atoms with Crippen LogP contribution in [0, 0.1) is 11.3 Å². The van der Waals surface area contributed by atoms with Crippen molar-refractivity contribution < 1.29 is 29.4 Å².